The Morgan fingerprint density at radius 2 is 1.79 bits per heavy atom. The fraction of sp³-hybridized carbons (Fsp3) is 0.240. The van der Waals surface area contributed by atoms with Crippen LogP contribution in [0, 0.1) is 11.8 Å². The first kappa shape index (κ1) is 21.7. The summed E-state index contributed by atoms with van der Waals surface area (Å²) in [6.45, 7) is 0. The molecule has 0 saturated carbocycles. The topological polar surface area (TPSA) is 184 Å². The molecule has 3 atom stereocenters. The number of hydrogen-bond acceptors (Lipinski definition) is 8. The summed E-state index contributed by atoms with van der Waals surface area (Å²) in [6.07, 6.45) is 0.0411. The van der Waals surface area contributed by atoms with E-state index in [0.29, 0.717) is 16.8 Å². The van der Waals surface area contributed by atoms with Crippen LogP contribution in [0.2, 0.25) is 0 Å². The SMILES string of the molecule is NC(=O)C1=C(O)C[C@@H]2C[C@@H]3Cc4c(-c5cccc(N)c5)ccc(O)c4C(=O)C3=C(O)[C@]2(O)C1=O. The van der Waals surface area contributed by atoms with Gasteiger partial charge in [0.1, 0.15) is 22.8 Å². The van der Waals surface area contributed by atoms with Crippen LogP contribution in [0.25, 0.3) is 11.1 Å². The van der Waals surface area contributed by atoms with Gasteiger partial charge in [-0.2, -0.15) is 0 Å². The molecule has 2 aromatic carbocycles. The summed E-state index contributed by atoms with van der Waals surface area (Å²) >= 11 is 0. The molecule has 0 heterocycles. The number of carbonyl (C=O) groups is 3. The Balaban J connectivity index is 1.69. The smallest absolute Gasteiger partial charge is 0.255 e. The van der Waals surface area contributed by atoms with E-state index in [1.807, 2.05) is 6.07 Å². The number of amides is 1. The molecule has 9 heteroatoms. The van der Waals surface area contributed by atoms with E-state index in [4.69, 9.17) is 11.5 Å². The summed E-state index contributed by atoms with van der Waals surface area (Å²) in [5, 5.41) is 43.1. The van der Waals surface area contributed by atoms with Crippen LogP contribution < -0.4 is 11.5 Å². The minimum Gasteiger partial charge on any atom is -0.511 e. The molecule has 5 rings (SSSR count). The molecule has 9 nitrogen and oxygen atoms in total. The van der Waals surface area contributed by atoms with Crippen molar-refractivity contribution in [3.63, 3.8) is 0 Å². The third-order valence-corrected chi connectivity index (χ3v) is 7.14. The first-order valence-corrected chi connectivity index (χ1v) is 10.7. The van der Waals surface area contributed by atoms with Crippen molar-refractivity contribution < 1.29 is 34.8 Å². The lowest BCUT2D eigenvalue weighted by Crippen LogP contribution is -2.57. The molecule has 2 aromatic rings. The monoisotopic (exact) mass is 462 g/mol. The lowest BCUT2D eigenvalue weighted by Gasteiger charge is -2.45. The van der Waals surface area contributed by atoms with Crippen molar-refractivity contribution in [1.82, 2.24) is 0 Å². The molecule has 0 saturated heterocycles. The van der Waals surface area contributed by atoms with E-state index < -0.39 is 52.0 Å². The molecule has 34 heavy (non-hydrogen) atoms. The molecular weight excluding hydrogens is 440 g/mol. The maximum atomic E-state index is 13.6. The lowest BCUT2D eigenvalue weighted by molar-refractivity contribution is -0.144. The molecule has 3 aliphatic rings. The average Bonchev–Trinajstić information content (AvgIpc) is 2.76. The fourth-order valence-electron chi connectivity index (χ4n) is 5.60. The highest BCUT2D eigenvalue weighted by Gasteiger charge is 2.59. The predicted octanol–water partition coefficient (Wildman–Crippen LogP) is 1.83. The van der Waals surface area contributed by atoms with Crippen molar-refractivity contribution in [3.05, 3.63) is 70.2 Å². The molecule has 0 fully saturated rings. The number of carbonyl (C=O) groups excluding carboxylic acids is 3. The first-order valence-electron chi connectivity index (χ1n) is 10.7. The summed E-state index contributed by atoms with van der Waals surface area (Å²) in [5.41, 5.74) is 10.1. The first-order chi connectivity index (χ1) is 16.1. The summed E-state index contributed by atoms with van der Waals surface area (Å²) in [6, 6.07) is 10.1. The molecule has 0 aliphatic heterocycles. The number of rotatable bonds is 2. The number of fused-ring (bicyclic) bond motifs is 3. The van der Waals surface area contributed by atoms with E-state index in [1.165, 1.54) is 6.07 Å². The summed E-state index contributed by atoms with van der Waals surface area (Å²) in [7, 11) is 0. The molecule has 1 amide bonds. The van der Waals surface area contributed by atoms with E-state index in [1.54, 1.807) is 24.3 Å². The van der Waals surface area contributed by atoms with Gasteiger partial charge in [-0.3, -0.25) is 14.4 Å². The number of Topliss-reactive ketones (excluding diaryl/α,β-unsaturated/α-hetero) is 2. The van der Waals surface area contributed by atoms with Crippen LogP contribution >= 0.6 is 0 Å². The molecule has 8 N–H and O–H groups in total. The zero-order valence-electron chi connectivity index (χ0n) is 17.9. The van der Waals surface area contributed by atoms with Crippen molar-refractivity contribution >= 4 is 23.2 Å². The van der Waals surface area contributed by atoms with Gasteiger partial charge in [0, 0.05) is 23.6 Å². The van der Waals surface area contributed by atoms with Gasteiger partial charge in [-0.1, -0.05) is 18.2 Å². The van der Waals surface area contributed by atoms with Crippen molar-refractivity contribution in [3.8, 4) is 16.9 Å². The number of allylic oxidation sites excluding steroid dienone is 2. The number of hydrogen-bond donors (Lipinski definition) is 6. The van der Waals surface area contributed by atoms with E-state index in [9.17, 15) is 34.8 Å². The van der Waals surface area contributed by atoms with Gasteiger partial charge in [0.25, 0.3) is 5.91 Å². The second-order valence-electron chi connectivity index (χ2n) is 9.02. The normalized spacial score (nSPS) is 26.1. The maximum absolute atomic E-state index is 13.6. The largest absolute Gasteiger partial charge is 0.511 e. The molecular formula is C25H22N2O7. The number of phenols is 1. The number of anilines is 1. The van der Waals surface area contributed by atoms with Crippen LogP contribution in [0.3, 0.4) is 0 Å². The molecule has 0 aromatic heterocycles. The van der Waals surface area contributed by atoms with Gasteiger partial charge < -0.3 is 31.9 Å². The number of benzene rings is 2. The molecule has 0 radical (unpaired) electrons. The summed E-state index contributed by atoms with van der Waals surface area (Å²) in [5.74, 6) is -6.48. The van der Waals surface area contributed by atoms with Crippen LogP contribution in [-0.4, -0.2) is 43.5 Å². The second-order valence-corrected chi connectivity index (χ2v) is 9.02. The van der Waals surface area contributed by atoms with Crippen LogP contribution in [0.5, 0.6) is 5.75 Å². The van der Waals surface area contributed by atoms with Gasteiger partial charge in [0.05, 0.1) is 5.56 Å². The zero-order chi connectivity index (χ0) is 24.5. The Kier molecular flexibility index (Phi) is 4.60. The number of phenolic OH excluding ortho intramolecular Hbond substituents is 1. The summed E-state index contributed by atoms with van der Waals surface area (Å²) in [4.78, 5) is 38.2. The number of ketones is 2. The fourth-order valence-corrected chi connectivity index (χ4v) is 5.60. The van der Waals surface area contributed by atoms with Crippen molar-refractivity contribution in [2.24, 2.45) is 17.6 Å². The van der Waals surface area contributed by atoms with Crippen LogP contribution in [0.1, 0.15) is 28.8 Å². The molecule has 174 valence electrons. The average molecular weight is 462 g/mol. The van der Waals surface area contributed by atoms with E-state index >= 15 is 0 Å². The number of nitrogens with two attached hydrogens (primary N) is 2. The minimum atomic E-state index is -2.57. The molecule has 0 unspecified atom stereocenters. The minimum absolute atomic E-state index is 0.0310. The Morgan fingerprint density at radius 3 is 2.47 bits per heavy atom. The lowest BCUT2D eigenvalue weighted by atomic mass is 9.60. The van der Waals surface area contributed by atoms with Crippen molar-refractivity contribution in [2.45, 2.75) is 24.9 Å². The Morgan fingerprint density at radius 1 is 1.06 bits per heavy atom. The third-order valence-electron chi connectivity index (χ3n) is 7.14. The predicted molar refractivity (Wildman–Crippen MR) is 121 cm³/mol. The highest BCUT2D eigenvalue weighted by Crippen LogP contribution is 2.52. The molecule has 0 spiro atoms. The number of aliphatic hydroxyl groups excluding tert-OH is 2. The summed E-state index contributed by atoms with van der Waals surface area (Å²) < 4.78 is 0. The second kappa shape index (κ2) is 7.19. The van der Waals surface area contributed by atoms with E-state index in [-0.39, 0.29) is 36.1 Å². The van der Waals surface area contributed by atoms with Crippen LogP contribution in [-0.2, 0) is 16.0 Å². The van der Waals surface area contributed by atoms with Gasteiger partial charge in [0.2, 0.25) is 5.78 Å². The number of aromatic hydroxyl groups is 1. The highest BCUT2D eigenvalue weighted by molar-refractivity contribution is 6.24. The Bertz CT molecular complexity index is 1370. The van der Waals surface area contributed by atoms with Gasteiger partial charge in [-0.05, 0) is 53.6 Å². The Labute approximate surface area is 193 Å². The quantitative estimate of drug-likeness (QED) is 0.288. The molecule has 3 aliphatic carbocycles. The van der Waals surface area contributed by atoms with Gasteiger partial charge in [0.15, 0.2) is 11.4 Å². The maximum Gasteiger partial charge on any atom is 0.255 e. The van der Waals surface area contributed by atoms with Crippen LogP contribution in [0.4, 0.5) is 5.69 Å². The van der Waals surface area contributed by atoms with E-state index in [0.717, 1.165) is 5.56 Å². The van der Waals surface area contributed by atoms with E-state index in [2.05, 4.69) is 0 Å². The van der Waals surface area contributed by atoms with Gasteiger partial charge in [-0.25, -0.2) is 0 Å². The number of nitrogen functional groups attached to an aromatic ring is 1. The Hall–Kier alpha value is -4.11. The van der Waals surface area contributed by atoms with Gasteiger partial charge in [-0.15, -0.1) is 0 Å². The third kappa shape index (κ3) is 2.80. The highest BCUT2D eigenvalue weighted by atomic mass is 16.3. The zero-order valence-corrected chi connectivity index (χ0v) is 17.9. The number of aliphatic hydroxyl groups is 3. The van der Waals surface area contributed by atoms with Crippen molar-refractivity contribution in [1.29, 1.82) is 0 Å². The number of primary amides is 1. The van der Waals surface area contributed by atoms with Gasteiger partial charge >= 0.3 is 0 Å². The van der Waals surface area contributed by atoms with Crippen LogP contribution in [0.15, 0.2) is 59.1 Å². The molecule has 0 bridgehead atoms. The van der Waals surface area contributed by atoms with Crippen molar-refractivity contribution in [2.75, 3.05) is 5.73 Å². The standard InChI is InChI=1S/C25H22N2O7/c26-13-3-1-2-10(7-13)14-4-5-16(28)19-15(14)8-11-6-12-9-17(29)20(24(27)33)23(32)25(12,34)22(31)18(11)21(19)30/h1-5,7,11-12,28-29,31,34H,6,8-9,26H2,(H2,27,33)/t11-,12+,25+/m1/s1.